The van der Waals surface area contributed by atoms with E-state index in [1.165, 1.54) is 0 Å². The normalized spacial score (nSPS) is 11.1. The summed E-state index contributed by atoms with van der Waals surface area (Å²) in [5.74, 6) is 0. The number of nitrogens with zero attached hydrogens (tertiary/aromatic N) is 5. The van der Waals surface area contributed by atoms with E-state index in [1.54, 1.807) is 0 Å². The van der Waals surface area contributed by atoms with Gasteiger partial charge in [0.15, 0.2) is 0 Å². The Morgan fingerprint density at radius 2 is 1.02 bits per heavy atom. The van der Waals surface area contributed by atoms with Crippen molar-refractivity contribution in [2.75, 3.05) is 0 Å². The summed E-state index contributed by atoms with van der Waals surface area (Å²) >= 11 is 0. The maximum Gasteiger partial charge on any atom is 0.101 e. The van der Waals surface area contributed by atoms with Crippen molar-refractivity contribution in [1.82, 2.24) is 9.13 Å². The maximum atomic E-state index is 10.3. The third-order valence-electron chi connectivity index (χ3n) is 9.63. The summed E-state index contributed by atoms with van der Waals surface area (Å²) in [5.41, 5.74) is 11.4. The zero-order valence-corrected chi connectivity index (χ0v) is 26.7. The molecule has 5 heteroatoms. The maximum absolute atomic E-state index is 10.3. The summed E-state index contributed by atoms with van der Waals surface area (Å²) in [4.78, 5) is 0. The van der Waals surface area contributed by atoms with E-state index < -0.39 is 0 Å². The summed E-state index contributed by atoms with van der Waals surface area (Å²) in [7, 11) is 0. The standard InChI is InChI=1S/C45H25N5/c46-26-29-19-22-43-39(23-29)37-14-3-5-17-41(37)49(43)40-16-4-1-12-35(40)32-10-7-9-30(24-32)31-20-21-33(27-47)44(25-31)50-42-18-6-2-13-36(42)38-15-8-11-34(28-48)45(38)50/h1-25H. The van der Waals surface area contributed by atoms with E-state index in [9.17, 15) is 15.8 Å². The molecule has 2 heterocycles. The van der Waals surface area contributed by atoms with Crippen molar-refractivity contribution in [2.24, 2.45) is 0 Å². The molecule has 0 unspecified atom stereocenters. The molecule has 0 saturated carbocycles. The number of aromatic nitrogens is 2. The third-order valence-corrected chi connectivity index (χ3v) is 9.63. The largest absolute Gasteiger partial charge is 0.309 e. The second kappa shape index (κ2) is 11.4. The first-order chi connectivity index (χ1) is 24.7. The van der Waals surface area contributed by atoms with Gasteiger partial charge in [0.05, 0.1) is 56.2 Å². The Kier molecular flexibility index (Phi) is 6.56. The summed E-state index contributed by atoms with van der Waals surface area (Å²) in [6, 6.07) is 57.9. The minimum atomic E-state index is 0.525. The average molecular weight is 636 g/mol. The van der Waals surface area contributed by atoms with Gasteiger partial charge in [0.25, 0.3) is 0 Å². The summed E-state index contributed by atoms with van der Waals surface area (Å²) < 4.78 is 4.34. The van der Waals surface area contributed by atoms with Crippen LogP contribution in [0, 0.1) is 34.0 Å². The van der Waals surface area contributed by atoms with Crippen LogP contribution in [0.15, 0.2) is 152 Å². The van der Waals surface area contributed by atoms with E-state index in [0.717, 1.165) is 77.2 Å². The minimum absolute atomic E-state index is 0.525. The molecular formula is C45H25N5. The first-order valence-electron chi connectivity index (χ1n) is 16.3. The van der Waals surface area contributed by atoms with E-state index in [4.69, 9.17) is 0 Å². The lowest BCUT2D eigenvalue weighted by Gasteiger charge is -2.16. The van der Waals surface area contributed by atoms with Crippen molar-refractivity contribution < 1.29 is 0 Å². The highest BCUT2D eigenvalue weighted by Gasteiger charge is 2.19. The molecule has 0 N–H and O–H groups in total. The summed E-state index contributed by atoms with van der Waals surface area (Å²) in [6.45, 7) is 0. The van der Waals surface area contributed by atoms with Crippen LogP contribution in [0.5, 0.6) is 0 Å². The van der Waals surface area contributed by atoms with E-state index in [1.807, 2.05) is 78.9 Å². The predicted octanol–water partition coefficient (Wildman–Crippen LogP) is 10.8. The SMILES string of the molecule is N#Cc1ccc2c(c1)c1ccccc1n2-c1ccccc1-c1cccc(-c2ccc(C#N)c(-n3c4ccccc4c4cccc(C#N)c43)c2)c1. The predicted molar refractivity (Wildman–Crippen MR) is 200 cm³/mol. The molecule has 9 aromatic rings. The fraction of sp³-hybridized carbons (Fsp3) is 0. The molecule has 7 aromatic carbocycles. The van der Waals surface area contributed by atoms with Crippen LogP contribution >= 0.6 is 0 Å². The van der Waals surface area contributed by atoms with Crippen molar-refractivity contribution in [3.8, 4) is 51.8 Å². The number of para-hydroxylation sites is 4. The molecule has 0 amide bonds. The lowest BCUT2D eigenvalue weighted by Crippen LogP contribution is -2.00. The van der Waals surface area contributed by atoms with Gasteiger partial charge >= 0.3 is 0 Å². The molecule has 0 spiro atoms. The van der Waals surface area contributed by atoms with E-state index >= 15 is 0 Å². The van der Waals surface area contributed by atoms with Crippen LogP contribution in [0.4, 0.5) is 0 Å². The zero-order chi connectivity index (χ0) is 33.8. The molecular weight excluding hydrogens is 611 g/mol. The summed E-state index contributed by atoms with van der Waals surface area (Å²) in [6.07, 6.45) is 0. The van der Waals surface area contributed by atoms with Crippen LogP contribution in [0.3, 0.4) is 0 Å². The van der Waals surface area contributed by atoms with Gasteiger partial charge in [-0.1, -0.05) is 91.0 Å². The minimum Gasteiger partial charge on any atom is -0.309 e. The van der Waals surface area contributed by atoms with Crippen molar-refractivity contribution in [3.05, 3.63) is 168 Å². The fourth-order valence-electron chi connectivity index (χ4n) is 7.43. The topological polar surface area (TPSA) is 81.2 Å². The third kappa shape index (κ3) is 4.31. The Balaban J connectivity index is 1.24. The average Bonchev–Trinajstić information content (AvgIpc) is 3.70. The Morgan fingerprint density at radius 3 is 1.82 bits per heavy atom. The molecule has 0 fully saturated rings. The van der Waals surface area contributed by atoms with Gasteiger partial charge in [-0.25, -0.2) is 0 Å². The smallest absolute Gasteiger partial charge is 0.101 e. The molecule has 2 aromatic heterocycles. The van der Waals surface area contributed by atoms with Crippen LogP contribution in [0.1, 0.15) is 16.7 Å². The lowest BCUT2D eigenvalue weighted by atomic mass is 9.96. The van der Waals surface area contributed by atoms with Gasteiger partial charge in [-0.05, 0) is 77.4 Å². The number of nitriles is 3. The first-order valence-corrected chi connectivity index (χ1v) is 16.3. The Bertz CT molecular complexity index is 2970. The molecule has 230 valence electrons. The van der Waals surface area contributed by atoms with Gasteiger partial charge in [0, 0.05) is 27.1 Å². The first kappa shape index (κ1) is 28.8. The number of hydrogen-bond acceptors (Lipinski definition) is 3. The molecule has 0 bridgehead atoms. The molecule has 0 radical (unpaired) electrons. The van der Waals surface area contributed by atoms with Crippen LogP contribution in [0.2, 0.25) is 0 Å². The van der Waals surface area contributed by atoms with Crippen molar-refractivity contribution in [2.45, 2.75) is 0 Å². The molecule has 50 heavy (non-hydrogen) atoms. The van der Waals surface area contributed by atoms with E-state index in [0.29, 0.717) is 16.7 Å². The second-order valence-corrected chi connectivity index (χ2v) is 12.3. The highest BCUT2D eigenvalue weighted by molar-refractivity contribution is 6.12. The molecule has 0 aliphatic carbocycles. The van der Waals surface area contributed by atoms with Crippen LogP contribution in [-0.4, -0.2) is 9.13 Å². The van der Waals surface area contributed by atoms with Crippen molar-refractivity contribution in [3.63, 3.8) is 0 Å². The molecule has 0 aliphatic rings. The van der Waals surface area contributed by atoms with Gasteiger partial charge in [-0.2, -0.15) is 15.8 Å². The number of hydrogen-bond donors (Lipinski definition) is 0. The summed E-state index contributed by atoms with van der Waals surface area (Å²) in [5, 5.41) is 34.2. The quantitative estimate of drug-likeness (QED) is 0.193. The highest BCUT2D eigenvalue weighted by Crippen LogP contribution is 2.39. The Hall–Kier alpha value is -7.39. The van der Waals surface area contributed by atoms with Gasteiger partial charge in [-0.3, -0.25) is 0 Å². The van der Waals surface area contributed by atoms with Crippen LogP contribution in [-0.2, 0) is 0 Å². The molecule has 0 aliphatic heterocycles. The van der Waals surface area contributed by atoms with Crippen molar-refractivity contribution >= 4 is 43.6 Å². The monoisotopic (exact) mass is 635 g/mol. The molecule has 0 atom stereocenters. The number of rotatable bonds is 4. The number of fused-ring (bicyclic) bond motifs is 6. The van der Waals surface area contributed by atoms with Crippen LogP contribution in [0.25, 0.3) is 77.2 Å². The zero-order valence-electron chi connectivity index (χ0n) is 26.7. The Labute approximate surface area is 287 Å². The van der Waals surface area contributed by atoms with Crippen molar-refractivity contribution in [1.29, 1.82) is 15.8 Å². The molecule has 5 nitrogen and oxygen atoms in total. The Morgan fingerprint density at radius 1 is 0.380 bits per heavy atom. The second-order valence-electron chi connectivity index (χ2n) is 12.3. The molecule has 9 rings (SSSR count). The van der Waals surface area contributed by atoms with Gasteiger partial charge in [-0.15, -0.1) is 0 Å². The lowest BCUT2D eigenvalue weighted by molar-refractivity contribution is 1.16. The fourth-order valence-corrected chi connectivity index (χ4v) is 7.43. The van der Waals surface area contributed by atoms with Gasteiger partial charge < -0.3 is 9.13 Å². The highest BCUT2D eigenvalue weighted by atomic mass is 15.0. The van der Waals surface area contributed by atoms with Gasteiger partial charge in [0.2, 0.25) is 0 Å². The van der Waals surface area contributed by atoms with Gasteiger partial charge in [0.1, 0.15) is 12.1 Å². The van der Waals surface area contributed by atoms with Crippen LogP contribution < -0.4 is 0 Å². The van der Waals surface area contributed by atoms with E-state index in [2.05, 4.69) is 100 Å². The number of benzene rings is 7. The molecule has 0 saturated heterocycles. The van der Waals surface area contributed by atoms with E-state index in [-0.39, 0.29) is 0 Å².